The Balaban J connectivity index is 2.85. The topological polar surface area (TPSA) is 159 Å². The second-order valence-corrected chi connectivity index (χ2v) is 7.71. The molecule has 0 radical (unpaired) electrons. The molecular weight excluding hydrogens is 478 g/mol. The maximum Gasteiger partial charge on any atom is 0.513 e. The van der Waals surface area contributed by atoms with Crippen LogP contribution in [0.4, 0.5) is 14.4 Å². The molecule has 0 heterocycles. The molecule has 12 nitrogen and oxygen atoms in total. The fourth-order valence-corrected chi connectivity index (χ4v) is 2.57. The first kappa shape index (κ1) is 30.5. The average Bonchev–Trinajstić information content (AvgIpc) is 2.84. The van der Waals surface area contributed by atoms with Crippen LogP contribution in [0.15, 0.2) is 18.2 Å². The molecule has 0 saturated carbocycles. The summed E-state index contributed by atoms with van der Waals surface area (Å²) in [5.74, 6) is -0.920. The molecule has 0 spiro atoms. The van der Waals surface area contributed by atoms with Crippen LogP contribution in [0.5, 0.6) is 11.5 Å². The Morgan fingerprint density at radius 3 is 2.00 bits per heavy atom. The Kier molecular flexibility index (Phi) is 14.4. The molecule has 36 heavy (non-hydrogen) atoms. The van der Waals surface area contributed by atoms with Gasteiger partial charge in [-0.3, -0.25) is 4.79 Å². The SMILES string of the molecule is CCCCOC(=O)Oc1ccc(C[C@H](N)C(=O)OC[C@H](C)OC(=O)OC)cc1OC(=O)OCCCC. The van der Waals surface area contributed by atoms with Gasteiger partial charge < -0.3 is 38.9 Å². The van der Waals surface area contributed by atoms with Gasteiger partial charge in [-0.2, -0.15) is 0 Å². The van der Waals surface area contributed by atoms with E-state index in [1.807, 2.05) is 13.8 Å². The van der Waals surface area contributed by atoms with Crippen LogP contribution >= 0.6 is 0 Å². The number of carbonyl (C=O) groups is 4. The third kappa shape index (κ3) is 12.2. The molecule has 0 amide bonds. The summed E-state index contributed by atoms with van der Waals surface area (Å²) in [4.78, 5) is 47.4. The van der Waals surface area contributed by atoms with Gasteiger partial charge in [0.05, 0.1) is 20.3 Å². The number of methoxy groups -OCH3 is 1. The van der Waals surface area contributed by atoms with Crippen molar-refractivity contribution in [2.45, 2.75) is 65.0 Å². The smallest absolute Gasteiger partial charge is 0.461 e. The van der Waals surface area contributed by atoms with Gasteiger partial charge in [-0.05, 0) is 43.9 Å². The largest absolute Gasteiger partial charge is 0.513 e. The van der Waals surface area contributed by atoms with E-state index in [-0.39, 0.29) is 37.7 Å². The summed E-state index contributed by atoms with van der Waals surface area (Å²) in [6, 6.07) is 3.24. The van der Waals surface area contributed by atoms with Crippen LogP contribution in [-0.2, 0) is 34.9 Å². The van der Waals surface area contributed by atoms with E-state index in [0.717, 1.165) is 20.0 Å². The maximum atomic E-state index is 12.2. The summed E-state index contributed by atoms with van der Waals surface area (Å²) >= 11 is 0. The Morgan fingerprint density at radius 1 is 0.861 bits per heavy atom. The number of benzene rings is 1. The van der Waals surface area contributed by atoms with Crippen LogP contribution in [0.3, 0.4) is 0 Å². The van der Waals surface area contributed by atoms with E-state index in [1.54, 1.807) is 6.07 Å². The molecule has 0 aliphatic carbocycles. The minimum atomic E-state index is -1.08. The number of unbranched alkanes of at least 4 members (excludes halogenated alkanes) is 2. The van der Waals surface area contributed by atoms with Crippen molar-refractivity contribution in [3.05, 3.63) is 23.8 Å². The summed E-state index contributed by atoms with van der Waals surface area (Å²) in [6.45, 7) is 5.54. The highest BCUT2D eigenvalue weighted by Gasteiger charge is 2.21. The van der Waals surface area contributed by atoms with Gasteiger partial charge in [-0.25, -0.2) is 14.4 Å². The summed E-state index contributed by atoms with van der Waals surface area (Å²) in [7, 11) is 1.16. The number of esters is 1. The number of nitrogens with two attached hydrogens (primary N) is 1. The average molecular weight is 514 g/mol. The minimum Gasteiger partial charge on any atom is -0.461 e. The second kappa shape index (κ2) is 17.0. The third-order valence-corrected chi connectivity index (χ3v) is 4.51. The van der Waals surface area contributed by atoms with Gasteiger partial charge in [0.2, 0.25) is 0 Å². The lowest BCUT2D eigenvalue weighted by molar-refractivity contribution is -0.148. The normalized spacial score (nSPS) is 12.0. The van der Waals surface area contributed by atoms with Crippen molar-refractivity contribution in [2.75, 3.05) is 26.9 Å². The van der Waals surface area contributed by atoms with E-state index >= 15 is 0 Å². The van der Waals surface area contributed by atoms with Crippen LogP contribution in [-0.4, -0.2) is 63.5 Å². The van der Waals surface area contributed by atoms with Crippen molar-refractivity contribution in [3.63, 3.8) is 0 Å². The Bertz CT molecular complexity index is 858. The first-order valence-electron chi connectivity index (χ1n) is 11.7. The number of hydrogen-bond acceptors (Lipinski definition) is 12. The summed E-state index contributed by atoms with van der Waals surface area (Å²) in [5.41, 5.74) is 6.42. The second-order valence-electron chi connectivity index (χ2n) is 7.71. The lowest BCUT2D eigenvalue weighted by atomic mass is 10.1. The summed E-state index contributed by atoms with van der Waals surface area (Å²) < 4.78 is 34.6. The first-order valence-corrected chi connectivity index (χ1v) is 11.7. The number of ether oxygens (including phenoxy) is 7. The molecular formula is C24H35NO11. The van der Waals surface area contributed by atoms with Crippen LogP contribution in [0.25, 0.3) is 0 Å². The van der Waals surface area contributed by atoms with E-state index in [1.165, 1.54) is 19.1 Å². The van der Waals surface area contributed by atoms with Crippen LogP contribution in [0, 0.1) is 0 Å². The van der Waals surface area contributed by atoms with Crippen molar-refractivity contribution in [1.29, 1.82) is 0 Å². The Morgan fingerprint density at radius 2 is 1.44 bits per heavy atom. The zero-order valence-electron chi connectivity index (χ0n) is 21.1. The van der Waals surface area contributed by atoms with Crippen LogP contribution in [0.1, 0.15) is 52.0 Å². The van der Waals surface area contributed by atoms with Crippen molar-refractivity contribution in [2.24, 2.45) is 5.73 Å². The van der Waals surface area contributed by atoms with E-state index in [9.17, 15) is 19.2 Å². The first-order chi connectivity index (χ1) is 17.2. The van der Waals surface area contributed by atoms with Crippen molar-refractivity contribution >= 4 is 24.4 Å². The molecule has 0 fully saturated rings. The number of hydrogen-bond donors (Lipinski definition) is 1. The van der Waals surface area contributed by atoms with Gasteiger partial charge in [0.1, 0.15) is 18.8 Å². The predicted molar refractivity (Wildman–Crippen MR) is 126 cm³/mol. The van der Waals surface area contributed by atoms with Crippen molar-refractivity contribution in [1.82, 2.24) is 0 Å². The predicted octanol–water partition coefficient (Wildman–Crippen LogP) is 3.90. The molecule has 0 saturated heterocycles. The molecule has 1 aromatic rings. The Labute approximate surface area is 210 Å². The van der Waals surface area contributed by atoms with Gasteiger partial charge in [0.15, 0.2) is 11.5 Å². The van der Waals surface area contributed by atoms with Crippen molar-refractivity contribution in [3.8, 4) is 11.5 Å². The van der Waals surface area contributed by atoms with Gasteiger partial charge in [-0.1, -0.05) is 32.8 Å². The van der Waals surface area contributed by atoms with E-state index in [0.29, 0.717) is 18.4 Å². The lowest BCUT2D eigenvalue weighted by Gasteiger charge is -2.16. The molecule has 1 rings (SSSR count). The van der Waals surface area contributed by atoms with E-state index in [2.05, 4.69) is 4.74 Å². The highest BCUT2D eigenvalue weighted by Crippen LogP contribution is 2.30. The number of carbonyl (C=O) groups excluding carboxylic acids is 4. The van der Waals surface area contributed by atoms with Crippen LogP contribution < -0.4 is 15.2 Å². The third-order valence-electron chi connectivity index (χ3n) is 4.51. The molecule has 12 heteroatoms. The summed E-state index contributed by atoms with van der Waals surface area (Å²) in [6.07, 6.45) is -0.584. The molecule has 0 aliphatic heterocycles. The quantitative estimate of drug-likeness (QED) is 0.166. The zero-order valence-corrected chi connectivity index (χ0v) is 21.1. The monoisotopic (exact) mass is 513 g/mol. The zero-order chi connectivity index (χ0) is 26.9. The molecule has 1 aromatic carbocycles. The molecule has 0 unspecified atom stereocenters. The van der Waals surface area contributed by atoms with Crippen LogP contribution in [0.2, 0.25) is 0 Å². The fraction of sp³-hybridized carbons (Fsp3) is 0.583. The van der Waals surface area contributed by atoms with Gasteiger partial charge in [0, 0.05) is 0 Å². The highest BCUT2D eigenvalue weighted by atomic mass is 16.7. The van der Waals surface area contributed by atoms with Gasteiger partial charge in [0.25, 0.3) is 0 Å². The molecule has 0 aliphatic rings. The van der Waals surface area contributed by atoms with E-state index < -0.39 is 36.6 Å². The minimum absolute atomic E-state index is 0.00748. The molecule has 0 aromatic heterocycles. The molecule has 0 bridgehead atoms. The molecule has 2 N–H and O–H groups in total. The number of rotatable bonds is 14. The van der Waals surface area contributed by atoms with Gasteiger partial charge >= 0.3 is 24.4 Å². The Hall–Kier alpha value is -3.54. The maximum absolute atomic E-state index is 12.2. The highest BCUT2D eigenvalue weighted by molar-refractivity contribution is 5.76. The molecule has 2 atom stereocenters. The fourth-order valence-electron chi connectivity index (χ4n) is 2.57. The lowest BCUT2D eigenvalue weighted by Crippen LogP contribution is -2.36. The summed E-state index contributed by atoms with van der Waals surface area (Å²) in [5, 5.41) is 0. The standard InChI is InChI=1S/C24H35NO11/c1-5-7-11-31-23(28)35-19-10-9-17(14-20(19)36-24(29)32-12-8-6-2)13-18(25)21(26)33-15-16(3)34-22(27)30-4/h9-10,14,16,18H,5-8,11-13,15,25H2,1-4H3/t16-,18-/m0/s1. The molecule has 202 valence electrons. The van der Waals surface area contributed by atoms with Crippen molar-refractivity contribution < 1.29 is 52.3 Å². The van der Waals surface area contributed by atoms with E-state index in [4.69, 9.17) is 34.2 Å². The van der Waals surface area contributed by atoms with Gasteiger partial charge in [-0.15, -0.1) is 0 Å².